The summed E-state index contributed by atoms with van der Waals surface area (Å²) < 4.78 is 38.5. The SMILES string of the molecule is COc1ccc(C(OC[C@H]2O[C@@H](c3ccc(NC(C)=O)n(COC(=O)C(C)(C)C)c3=O)[C@H](O[Si](C)(C)C(C)(C)C)[C@@H]2O)(c2ccccc2)c2ccc(OC)cc2)cc1. The van der Waals surface area contributed by atoms with Crippen molar-refractivity contribution in [2.24, 2.45) is 5.41 Å². The lowest BCUT2D eigenvalue weighted by Gasteiger charge is -2.40. The van der Waals surface area contributed by atoms with Gasteiger partial charge in [0.15, 0.2) is 15.0 Å². The van der Waals surface area contributed by atoms with E-state index in [0.717, 1.165) is 16.7 Å². The van der Waals surface area contributed by atoms with Crippen molar-refractivity contribution in [3.63, 3.8) is 0 Å². The fourth-order valence-corrected chi connectivity index (χ4v) is 7.92. The summed E-state index contributed by atoms with van der Waals surface area (Å²) in [7, 11) is 0.611. The largest absolute Gasteiger partial charge is 0.497 e. The van der Waals surface area contributed by atoms with Crippen molar-refractivity contribution in [3.05, 3.63) is 124 Å². The second-order valence-corrected chi connectivity index (χ2v) is 21.9. The number of aliphatic hydroxyl groups is 1. The molecule has 0 aliphatic carbocycles. The van der Waals surface area contributed by atoms with Crippen LogP contribution >= 0.6 is 0 Å². The number of hydrogen-bond donors (Lipinski definition) is 2. The van der Waals surface area contributed by atoms with Gasteiger partial charge in [0.05, 0.1) is 26.2 Å². The van der Waals surface area contributed by atoms with Crippen LogP contribution in [0.2, 0.25) is 18.1 Å². The summed E-state index contributed by atoms with van der Waals surface area (Å²) in [6, 6.07) is 28.1. The predicted octanol–water partition coefficient (Wildman–Crippen LogP) is 7.57. The van der Waals surface area contributed by atoms with Crippen LogP contribution in [0, 0.1) is 5.41 Å². The van der Waals surface area contributed by atoms with Crippen molar-refractivity contribution in [2.45, 2.75) is 103 Å². The molecule has 4 atom stereocenters. The van der Waals surface area contributed by atoms with Gasteiger partial charge in [-0.3, -0.25) is 19.0 Å². The fraction of sp³-hybridized carbons (Fsp3) is 0.444. The third-order valence-electron chi connectivity index (χ3n) is 11.0. The van der Waals surface area contributed by atoms with Crippen LogP contribution in [0.3, 0.4) is 0 Å². The van der Waals surface area contributed by atoms with Gasteiger partial charge in [-0.15, -0.1) is 0 Å². The molecule has 0 bridgehead atoms. The third-order valence-corrected chi connectivity index (χ3v) is 15.4. The summed E-state index contributed by atoms with van der Waals surface area (Å²) >= 11 is 0. The number of amides is 1. The van der Waals surface area contributed by atoms with E-state index in [9.17, 15) is 19.5 Å². The Bertz CT molecular complexity index is 2040. The smallest absolute Gasteiger partial charge is 0.312 e. The number of aliphatic hydroxyl groups excluding tert-OH is 1. The fourth-order valence-electron chi connectivity index (χ4n) is 6.62. The number of esters is 1. The van der Waals surface area contributed by atoms with Crippen molar-refractivity contribution in [1.82, 2.24) is 4.57 Å². The lowest BCUT2D eigenvalue weighted by atomic mass is 9.80. The molecule has 2 heterocycles. The number of nitrogens with one attached hydrogen (secondary N) is 1. The Morgan fingerprint density at radius 2 is 1.34 bits per heavy atom. The first-order valence-corrected chi connectivity index (χ1v) is 22.3. The van der Waals surface area contributed by atoms with Gasteiger partial charge in [0, 0.05) is 12.5 Å². The van der Waals surface area contributed by atoms with Crippen LogP contribution in [0.15, 0.2) is 95.8 Å². The Balaban J connectivity index is 1.62. The Morgan fingerprint density at radius 3 is 1.83 bits per heavy atom. The van der Waals surface area contributed by atoms with Crippen LogP contribution < -0.4 is 20.3 Å². The van der Waals surface area contributed by atoms with Gasteiger partial charge in [-0.1, -0.05) is 75.4 Å². The number of benzene rings is 3. The van der Waals surface area contributed by atoms with Gasteiger partial charge in [-0.25, -0.2) is 0 Å². The number of aromatic nitrogens is 1. The topological polar surface area (TPSA) is 144 Å². The van der Waals surface area contributed by atoms with Gasteiger partial charge in [-0.2, -0.15) is 0 Å². The number of pyridine rings is 1. The standard InChI is InChI=1S/C45H58N2O10Si/c1-29(48)46-37-26-25-35(41(50)47(37)28-54-42(51)43(2,3)4)39-40(57-58(10,11)44(5,6)7)38(49)36(56-39)27-55-45(30-15-13-12-14-16-30,31-17-21-33(52-8)22-18-31)32-19-23-34(53-9)24-20-32/h12-26,36,38-40,49H,27-28H2,1-11H3,(H,46,48)/t36-,38-,39+,40-/m1/s1. The van der Waals surface area contributed by atoms with E-state index in [1.807, 2.05) is 78.9 Å². The monoisotopic (exact) mass is 814 g/mol. The van der Waals surface area contributed by atoms with Gasteiger partial charge in [-0.05, 0) is 92.0 Å². The zero-order valence-electron chi connectivity index (χ0n) is 35.5. The molecule has 1 aliphatic heterocycles. The Labute approximate surface area is 342 Å². The summed E-state index contributed by atoms with van der Waals surface area (Å²) in [5, 5.41) is 14.7. The molecule has 312 valence electrons. The number of rotatable bonds is 14. The van der Waals surface area contributed by atoms with E-state index in [2.05, 4.69) is 39.2 Å². The van der Waals surface area contributed by atoms with Crippen molar-refractivity contribution < 1.29 is 42.8 Å². The molecular formula is C45H58N2O10Si. The number of hydrogen-bond acceptors (Lipinski definition) is 10. The van der Waals surface area contributed by atoms with E-state index in [1.54, 1.807) is 47.1 Å². The molecule has 3 aromatic carbocycles. The van der Waals surface area contributed by atoms with E-state index in [0.29, 0.717) is 11.5 Å². The van der Waals surface area contributed by atoms with E-state index < -0.39 is 67.9 Å². The first kappa shape index (κ1) is 44.3. The molecule has 1 saturated heterocycles. The number of anilines is 1. The van der Waals surface area contributed by atoms with Crippen LogP contribution in [-0.4, -0.2) is 69.0 Å². The van der Waals surface area contributed by atoms with Gasteiger partial charge < -0.3 is 38.5 Å². The summed E-state index contributed by atoms with van der Waals surface area (Å²) in [4.78, 5) is 39.5. The molecule has 1 aliphatic rings. The van der Waals surface area contributed by atoms with Crippen molar-refractivity contribution in [3.8, 4) is 11.5 Å². The Hall–Kier alpha value is -4.79. The molecule has 0 saturated carbocycles. The molecule has 0 spiro atoms. The molecule has 0 radical (unpaired) electrons. The zero-order chi connectivity index (χ0) is 42.6. The second-order valence-electron chi connectivity index (χ2n) is 17.1. The molecule has 13 heteroatoms. The summed E-state index contributed by atoms with van der Waals surface area (Å²) in [6.07, 6.45) is -4.25. The third kappa shape index (κ3) is 9.40. The van der Waals surface area contributed by atoms with E-state index in [-0.39, 0.29) is 23.0 Å². The van der Waals surface area contributed by atoms with Crippen LogP contribution in [-0.2, 0) is 40.6 Å². The number of carbonyl (C=O) groups is 2. The molecule has 1 fully saturated rings. The van der Waals surface area contributed by atoms with Crippen LogP contribution in [0.4, 0.5) is 5.82 Å². The Morgan fingerprint density at radius 1 is 0.810 bits per heavy atom. The number of nitrogens with zero attached hydrogens (tertiary/aromatic N) is 1. The number of carbonyl (C=O) groups excluding carboxylic acids is 2. The number of ether oxygens (including phenoxy) is 5. The summed E-state index contributed by atoms with van der Waals surface area (Å²) in [6.45, 7) is 16.3. The highest BCUT2D eigenvalue weighted by atomic mass is 28.4. The highest BCUT2D eigenvalue weighted by Gasteiger charge is 2.52. The molecule has 58 heavy (non-hydrogen) atoms. The lowest BCUT2D eigenvalue weighted by Crippen LogP contribution is -2.49. The first-order valence-electron chi connectivity index (χ1n) is 19.4. The van der Waals surface area contributed by atoms with E-state index >= 15 is 0 Å². The highest BCUT2D eigenvalue weighted by molar-refractivity contribution is 6.74. The summed E-state index contributed by atoms with van der Waals surface area (Å²) in [5.41, 5.74) is -0.0506. The van der Waals surface area contributed by atoms with Crippen LogP contribution in [0.1, 0.15) is 76.8 Å². The zero-order valence-corrected chi connectivity index (χ0v) is 36.5. The van der Waals surface area contributed by atoms with Crippen LogP contribution in [0.5, 0.6) is 11.5 Å². The molecule has 4 aromatic rings. The predicted molar refractivity (Wildman–Crippen MR) is 225 cm³/mol. The van der Waals surface area contributed by atoms with E-state index in [4.69, 9.17) is 28.1 Å². The van der Waals surface area contributed by atoms with Gasteiger partial charge in [0.25, 0.3) is 5.56 Å². The maximum atomic E-state index is 14.5. The molecule has 12 nitrogen and oxygen atoms in total. The maximum Gasteiger partial charge on any atom is 0.312 e. The minimum atomic E-state index is -2.61. The Kier molecular flexibility index (Phi) is 13.4. The van der Waals surface area contributed by atoms with Gasteiger partial charge in [0.1, 0.15) is 47.3 Å². The molecule has 0 unspecified atom stereocenters. The average Bonchev–Trinajstić information content (AvgIpc) is 3.47. The highest BCUT2D eigenvalue weighted by Crippen LogP contribution is 2.46. The second kappa shape index (κ2) is 17.6. The summed E-state index contributed by atoms with van der Waals surface area (Å²) in [5.74, 6) is 0.536. The quantitative estimate of drug-likeness (QED) is 0.0744. The van der Waals surface area contributed by atoms with Crippen molar-refractivity contribution >= 4 is 26.0 Å². The lowest BCUT2D eigenvalue weighted by molar-refractivity contribution is -0.157. The minimum absolute atomic E-state index is 0.122. The van der Waals surface area contributed by atoms with E-state index in [1.165, 1.54) is 11.5 Å². The molecule has 2 N–H and O–H groups in total. The molecule has 5 rings (SSSR count). The number of methoxy groups -OCH3 is 2. The minimum Gasteiger partial charge on any atom is -0.497 e. The molecule has 1 amide bonds. The van der Waals surface area contributed by atoms with Gasteiger partial charge in [0.2, 0.25) is 5.91 Å². The first-order chi connectivity index (χ1) is 27.2. The normalized spacial score (nSPS) is 18.8. The van der Waals surface area contributed by atoms with Crippen molar-refractivity contribution in [2.75, 3.05) is 26.1 Å². The van der Waals surface area contributed by atoms with Gasteiger partial charge >= 0.3 is 5.97 Å². The van der Waals surface area contributed by atoms with Crippen LogP contribution in [0.25, 0.3) is 0 Å². The molecule has 1 aromatic heterocycles. The average molecular weight is 815 g/mol. The molecular weight excluding hydrogens is 757 g/mol. The maximum absolute atomic E-state index is 14.5. The van der Waals surface area contributed by atoms with Crippen molar-refractivity contribution in [1.29, 1.82) is 0 Å².